The molecule has 9 heteroatoms. The number of anilines is 5. The highest BCUT2D eigenvalue weighted by Gasteiger charge is 2.29. The zero-order valence-electron chi connectivity index (χ0n) is 24.7. The van der Waals surface area contributed by atoms with Crippen molar-refractivity contribution in [3.63, 3.8) is 0 Å². The lowest BCUT2D eigenvalue weighted by atomic mass is 9.97. The van der Waals surface area contributed by atoms with Crippen LogP contribution in [0.3, 0.4) is 0 Å². The number of rotatable bonds is 9. The molecule has 0 amide bonds. The van der Waals surface area contributed by atoms with Crippen LogP contribution in [0.4, 0.5) is 28.8 Å². The molecule has 4 aromatic rings. The summed E-state index contributed by atoms with van der Waals surface area (Å²) < 4.78 is 11.6. The Balaban J connectivity index is 1.23. The summed E-state index contributed by atoms with van der Waals surface area (Å²) in [6, 6.07) is 15.3. The van der Waals surface area contributed by atoms with Crippen molar-refractivity contribution in [1.29, 1.82) is 0 Å². The van der Waals surface area contributed by atoms with Gasteiger partial charge < -0.3 is 29.9 Å². The van der Waals surface area contributed by atoms with Gasteiger partial charge in [-0.05, 0) is 93.9 Å². The molecule has 0 saturated carbocycles. The molecule has 0 spiro atoms. The second-order valence-corrected chi connectivity index (χ2v) is 12.4. The molecule has 0 unspecified atom stereocenters. The van der Waals surface area contributed by atoms with Crippen LogP contribution in [0.25, 0.3) is 10.2 Å². The van der Waals surface area contributed by atoms with E-state index in [0.29, 0.717) is 5.95 Å². The lowest BCUT2D eigenvalue weighted by Crippen LogP contribution is -2.50. The first-order valence-electron chi connectivity index (χ1n) is 14.5. The van der Waals surface area contributed by atoms with Crippen molar-refractivity contribution in [3.05, 3.63) is 59.0 Å². The van der Waals surface area contributed by atoms with Gasteiger partial charge >= 0.3 is 0 Å². The molecule has 2 saturated heterocycles. The monoisotopic (exact) mass is 572 g/mol. The van der Waals surface area contributed by atoms with Gasteiger partial charge in [0.05, 0.1) is 23.8 Å². The van der Waals surface area contributed by atoms with Crippen LogP contribution in [0.1, 0.15) is 44.2 Å². The third-order valence-corrected chi connectivity index (χ3v) is 9.59. The first-order chi connectivity index (χ1) is 19.8. The van der Waals surface area contributed by atoms with Gasteiger partial charge in [0, 0.05) is 43.7 Å². The molecule has 2 aliphatic heterocycles. The predicted octanol–water partition coefficient (Wildman–Crippen LogP) is 7.05. The van der Waals surface area contributed by atoms with E-state index in [-0.39, 0.29) is 5.60 Å². The Kier molecular flexibility index (Phi) is 7.76. The van der Waals surface area contributed by atoms with Crippen LogP contribution < -0.4 is 20.3 Å². The van der Waals surface area contributed by atoms with Crippen LogP contribution in [-0.2, 0) is 10.3 Å². The first-order valence-corrected chi connectivity index (χ1v) is 15.3. The van der Waals surface area contributed by atoms with Crippen LogP contribution >= 0.6 is 11.3 Å². The lowest BCUT2D eigenvalue weighted by molar-refractivity contribution is 0.0193. The van der Waals surface area contributed by atoms with Crippen molar-refractivity contribution < 1.29 is 9.47 Å². The summed E-state index contributed by atoms with van der Waals surface area (Å²) in [5.74, 6) is 2.18. The fourth-order valence-electron chi connectivity index (χ4n) is 5.78. The van der Waals surface area contributed by atoms with E-state index in [4.69, 9.17) is 19.4 Å². The van der Waals surface area contributed by atoms with Gasteiger partial charge in [0.2, 0.25) is 5.95 Å². The highest BCUT2D eigenvalue weighted by atomic mass is 32.1. The van der Waals surface area contributed by atoms with E-state index in [1.807, 2.05) is 18.2 Å². The van der Waals surface area contributed by atoms with Crippen LogP contribution in [0, 0.1) is 6.92 Å². The molecule has 4 heterocycles. The smallest absolute Gasteiger partial charge is 0.230 e. The second kappa shape index (κ2) is 11.5. The minimum absolute atomic E-state index is 0.390. The fraction of sp³-hybridized carbons (Fsp3) is 0.438. The summed E-state index contributed by atoms with van der Waals surface area (Å²) in [6.45, 7) is 10.9. The number of hydrogen-bond acceptors (Lipinski definition) is 9. The number of nitrogens with one attached hydrogen (secondary N) is 2. The predicted molar refractivity (Wildman–Crippen MR) is 170 cm³/mol. The molecule has 2 aliphatic rings. The summed E-state index contributed by atoms with van der Waals surface area (Å²) in [4.78, 5) is 15.8. The average Bonchev–Trinajstić information content (AvgIpc) is 3.33. The van der Waals surface area contributed by atoms with Gasteiger partial charge in [-0.25, -0.2) is 4.98 Å². The molecule has 2 aromatic carbocycles. The van der Waals surface area contributed by atoms with Crippen LogP contribution in [0.2, 0.25) is 0 Å². The van der Waals surface area contributed by atoms with Gasteiger partial charge in [-0.15, -0.1) is 11.3 Å². The van der Waals surface area contributed by atoms with E-state index < -0.39 is 0 Å². The molecule has 216 valence electrons. The summed E-state index contributed by atoms with van der Waals surface area (Å²) in [6.07, 6.45) is 3.76. The number of ether oxygens (including phenoxy) is 2. The van der Waals surface area contributed by atoms with Crippen molar-refractivity contribution in [2.75, 3.05) is 55.9 Å². The molecule has 6 rings (SSSR count). The van der Waals surface area contributed by atoms with Crippen LogP contribution in [-0.4, -0.2) is 61.3 Å². The Morgan fingerprint density at radius 3 is 2.44 bits per heavy atom. The number of aryl methyl sites for hydroxylation is 1. The summed E-state index contributed by atoms with van der Waals surface area (Å²) in [5, 5.41) is 10.2. The van der Waals surface area contributed by atoms with Crippen molar-refractivity contribution in [2.24, 2.45) is 0 Å². The Morgan fingerprint density at radius 2 is 1.73 bits per heavy atom. The molecule has 2 aromatic heterocycles. The number of likely N-dealkylation sites (tertiary alicyclic amines) is 1. The number of thiophene rings is 1. The molecule has 0 bridgehead atoms. The third kappa shape index (κ3) is 5.71. The Morgan fingerprint density at radius 1 is 0.951 bits per heavy atom. The Labute approximate surface area is 246 Å². The van der Waals surface area contributed by atoms with E-state index in [9.17, 15) is 0 Å². The molecule has 0 aliphatic carbocycles. The van der Waals surface area contributed by atoms with Gasteiger partial charge in [-0.2, -0.15) is 4.98 Å². The Bertz CT molecular complexity index is 1520. The minimum Gasteiger partial charge on any atom is -0.495 e. The van der Waals surface area contributed by atoms with E-state index in [1.54, 1.807) is 25.6 Å². The molecular weight excluding hydrogens is 532 g/mol. The maximum atomic E-state index is 5.85. The number of piperidine rings is 1. The minimum atomic E-state index is -0.390. The molecule has 2 N–H and O–H groups in total. The number of aromatic nitrogens is 2. The van der Waals surface area contributed by atoms with Crippen molar-refractivity contribution in [2.45, 2.75) is 51.7 Å². The third-order valence-electron chi connectivity index (χ3n) is 8.60. The van der Waals surface area contributed by atoms with Crippen molar-refractivity contribution in [1.82, 2.24) is 14.9 Å². The fourth-order valence-corrected chi connectivity index (χ4v) is 6.70. The van der Waals surface area contributed by atoms with Crippen molar-refractivity contribution >= 4 is 50.4 Å². The summed E-state index contributed by atoms with van der Waals surface area (Å²) in [7, 11) is 3.48. The molecule has 8 nitrogen and oxygen atoms in total. The standard InChI is InChI=1S/C32H40N6O2S/c1-21-20-41-30-28(21)29(33-23-9-6-8-22(18-23)32(2,3)40-5)35-31(36-30)34-24-10-11-26(27(19-24)39-4)38-16-12-25(13-17-38)37-14-7-15-37/h6,8-11,18-20,25H,7,12-17H2,1-5H3,(H2,33,34,35,36). The zero-order valence-corrected chi connectivity index (χ0v) is 25.5. The number of hydrogen-bond donors (Lipinski definition) is 2. The maximum absolute atomic E-state index is 5.85. The van der Waals surface area contributed by atoms with Gasteiger partial charge in [0.1, 0.15) is 16.4 Å². The van der Waals surface area contributed by atoms with Crippen LogP contribution in [0.5, 0.6) is 5.75 Å². The normalized spacial score (nSPS) is 16.6. The van der Waals surface area contributed by atoms with E-state index in [1.165, 1.54) is 32.4 Å². The van der Waals surface area contributed by atoms with Gasteiger partial charge in [-0.3, -0.25) is 0 Å². The largest absolute Gasteiger partial charge is 0.495 e. The molecule has 0 atom stereocenters. The molecule has 0 radical (unpaired) electrons. The van der Waals surface area contributed by atoms with E-state index in [0.717, 1.165) is 69.1 Å². The molecular formula is C32H40N6O2S. The van der Waals surface area contributed by atoms with E-state index in [2.05, 4.69) is 70.9 Å². The number of nitrogens with zero attached hydrogens (tertiary/aromatic N) is 4. The van der Waals surface area contributed by atoms with Gasteiger partial charge in [0.25, 0.3) is 0 Å². The molecule has 41 heavy (non-hydrogen) atoms. The van der Waals surface area contributed by atoms with Gasteiger partial charge in [-0.1, -0.05) is 12.1 Å². The SMILES string of the molecule is COc1cc(Nc2nc(Nc3cccc(C(C)(C)OC)c3)c3c(C)csc3n2)ccc1N1CCC(N2CCC2)CC1. The molecule has 2 fully saturated rings. The summed E-state index contributed by atoms with van der Waals surface area (Å²) in [5.41, 5.74) is 4.84. The van der Waals surface area contributed by atoms with Crippen molar-refractivity contribution in [3.8, 4) is 5.75 Å². The topological polar surface area (TPSA) is 74.8 Å². The lowest BCUT2D eigenvalue weighted by Gasteiger charge is -2.43. The zero-order chi connectivity index (χ0) is 28.6. The highest BCUT2D eigenvalue weighted by molar-refractivity contribution is 7.17. The second-order valence-electron chi connectivity index (χ2n) is 11.5. The highest BCUT2D eigenvalue weighted by Crippen LogP contribution is 2.37. The van der Waals surface area contributed by atoms with E-state index >= 15 is 0 Å². The number of methoxy groups -OCH3 is 2. The van der Waals surface area contributed by atoms with Crippen LogP contribution in [0.15, 0.2) is 47.8 Å². The number of benzene rings is 2. The number of fused-ring (bicyclic) bond motifs is 1. The quantitative estimate of drug-likeness (QED) is 0.221. The maximum Gasteiger partial charge on any atom is 0.230 e. The summed E-state index contributed by atoms with van der Waals surface area (Å²) >= 11 is 1.63. The first kappa shape index (κ1) is 27.8. The average molecular weight is 573 g/mol. The Hall–Kier alpha value is -3.40. The van der Waals surface area contributed by atoms with Gasteiger partial charge in [0.15, 0.2) is 0 Å².